The van der Waals surface area contributed by atoms with Crippen molar-refractivity contribution >= 4 is 17.7 Å². The van der Waals surface area contributed by atoms with Gasteiger partial charge in [-0.1, -0.05) is 0 Å². The number of amides is 1. The molecule has 0 atom stereocenters. The fourth-order valence-corrected chi connectivity index (χ4v) is 2.23. The maximum absolute atomic E-state index is 13.6. The summed E-state index contributed by atoms with van der Waals surface area (Å²) in [7, 11) is 0. The van der Waals surface area contributed by atoms with Gasteiger partial charge in [0.25, 0.3) is 0 Å². The topological polar surface area (TPSA) is 84.1 Å². The van der Waals surface area contributed by atoms with E-state index in [0.717, 1.165) is 19.0 Å². The van der Waals surface area contributed by atoms with Crippen LogP contribution in [-0.2, 0) is 4.79 Å². The third-order valence-electron chi connectivity index (χ3n) is 3.30. The Morgan fingerprint density at radius 1 is 1.58 bits per heavy atom. The zero-order valence-electron chi connectivity index (χ0n) is 10.9. The molecule has 1 amide bonds. The van der Waals surface area contributed by atoms with Crippen molar-refractivity contribution in [2.24, 2.45) is 5.92 Å². The van der Waals surface area contributed by atoms with Crippen molar-refractivity contribution in [3.05, 3.63) is 12.0 Å². The van der Waals surface area contributed by atoms with Crippen LogP contribution in [0, 0.1) is 11.7 Å². The van der Waals surface area contributed by atoms with Gasteiger partial charge in [0, 0.05) is 26.6 Å². The molecule has 0 aromatic carbocycles. The third-order valence-corrected chi connectivity index (χ3v) is 3.30. The zero-order chi connectivity index (χ0) is 13.8. The molecule has 1 aromatic rings. The predicted molar refractivity (Wildman–Crippen MR) is 70.0 cm³/mol. The van der Waals surface area contributed by atoms with Crippen molar-refractivity contribution in [1.29, 1.82) is 0 Å². The molecule has 1 fully saturated rings. The Kier molecular flexibility index (Phi) is 4.13. The number of rotatable bonds is 3. The second-order valence-electron chi connectivity index (χ2n) is 4.77. The summed E-state index contributed by atoms with van der Waals surface area (Å²) in [5.41, 5.74) is 5.48. The Labute approximate surface area is 111 Å². The van der Waals surface area contributed by atoms with Crippen molar-refractivity contribution in [3.8, 4) is 0 Å². The molecule has 1 aliphatic heterocycles. The quantitative estimate of drug-likeness (QED) is 0.835. The molecule has 0 radical (unpaired) electrons. The summed E-state index contributed by atoms with van der Waals surface area (Å²) >= 11 is 0. The summed E-state index contributed by atoms with van der Waals surface area (Å²) in [4.78, 5) is 20.3. The molecule has 104 valence electrons. The molecule has 1 aliphatic rings. The molecular weight excluding hydrogens is 249 g/mol. The third kappa shape index (κ3) is 3.52. The molecule has 0 unspecified atom stereocenters. The molecule has 1 saturated heterocycles. The number of nitrogens with zero attached hydrogens (tertiary/aromatic N) is 3. The van der Waals surface area contributed by atoms with Gasteiger partial charge in [0.1, 0.15) is 0 Å². The number of carbonyl (C=O) groups excluding carboxylic acids is 1. The van der Waals surface area contributed by atoms with Crippen LogP contribution in [0.15, 0.2) is 6.20 Å². The van der Waals surface area contributed by atoms with E-state index in [0.29, 0.717) is 25.6 Å². The maximum atomic E-state index is 13.6. The van der Waals surface area contributed by atoms with Crippen LogP contribution in [-0.4, -0.2) is 35.5 Å². The van der Waals surface area contributed by atoms with Crippen LogP contribution in [0.25, 0.3) is 0 Å². The van der Waals surface area contributed by atoms with E-state index in [1.54, 1.807) is 0 Å². The van der Waals surface area contributed by atoms with Gasteiger partial charge in [-0.15, -0.1) is 0 Å². The molecule has 7 heteroatoms. The highest BCUT2D eigenvalue weighted by molar-refractivity contribution is 5.72. The smallest absolute Gasteiger partial charge is 0.222 e. The summed E-state index contributed by atoms with van der Waals surface area (Å²) in [6.07, 6.45) is 2.88. The first kappa shape index (κ1) is 13.5. The lowest BCUT2D eigenvalue weighted by atomic mass is 9.97. The number of anilines is 2. The molecular formula is C12H18FN5O. The summed E-state index contributed by atoms with van der Waals surface area (Å²) in [5, 5.41) is 2.81. The number of nitrogen functional groups attached to an aromatic ring is 1. The second kappa shape index (κ2) is 5.81. The van der Waals surface area contributed by atoms with E-state index in [1.807, 2.05) is 4.90 Å². The lowest BCUT2D eigenvalue weighted by molar-refractivity contribution is -0.119. The number of hydrogen-bond donors (Lipinski definition) is 2. The van der Waals surface area contributed by atoms with Gasteiger partial charge in [-0.05, 0) is 18.8 Å². The van der Waals surface area contributed by atoms with Gasteiger partial charge in [-0.2, -0.15) is 4.98 Å². The highest BCUT2D eigenvalue weighted by Crippen LogP contribution is 2.23. The van der Waals surface area contributed by atoms with Gasteiger partial charge in [-0.25, -0.2) is 9.37 Å². The molecule has 19 heavy (non-hydrogen) atoms. The lowest BCUT2D eigenvalue weighted by Crippen LogP contribution is -2.39. The average molecular weight is 267 g/mol. The normalized spacial score (nSPS) is 16.4. The average Bonchev–Trinajstić information content (AvgIpc) is 2.40. The van der Waals surface area contributed by atoms with E-state index >= 15 is 0 Å². The SMILES string of the molecule is CC(=O)NCC1CCN(c2nc(N)ncc2F)CC1. The minimum atomic E-state index is -0.450. The van der Waals surface area contributed by atoms with Crippen LogP contribution in [0.5, 0.6) is 0 Å². The van der Waals surface area contributed by atoms with Crippen molar-refractivity contribution in [3.63, 3.8) is 0 Å². The molecule has 2 rings (SSSR count). The Morgan fingerprint density at radius 2 is 2.26 bits per heavy atom. The van der Waals surface area contributed by atoms with E-state index in [4.69, 9.17) is 5.73 Å². The standard InChI is InChI=1S/C12H18FN5O/c1-8(19)15-6-9-2-4-18(5-3-9)11-10(13)7-16-12(14)17-11/h7,9H,2-6H2,1H3,(H,15,19)(H2,14,16,17). The largest absolute Gasteiger partial charge is 0.368 e. The number of hydrogen-bond acceptors (Lipinski definition) is 5. The van der Waals surface area contributed by atoms with Crippen molar-refractivity contribution in [2.45, 2.75) is 19.8 Å². The lowest BCUT2D eigenvalue weighted by Gasteiger charge is -2.32. The molecule has 3 N–H and O–H groups in total. The molecule has 0 saturated carbocycles. The first-order valence-electron chi connectivity index (χ1n) is 6.33. The van der Waals surface area contributed by atoms with Crippen LogP contribution < -0.4 is 16.0 Å². The molecule has 1 aromatic heterocycles. The van der Waals surface area contributed by atoms with Gasteiger partial charge in [0.2, 0.25) is 11.9 Å². The van der Waals surface area contributed by atoms with E-state index in [-0.39, 0.29) is 17.7 Å². The van der Waals surface area contributed by atoms with Gasteiger partial charge in [0.15, 0.2) is 11.6 Å². The molecule has 6 nitrogen and oxygen atoms in total. The van der Waals surface area contributed by atoms with E-state index in [9.17, 15) is 9.18 Å². The molecule has 0 bridgehead atoms. The number of aromatic nitrogens is 2. The summed E-state index contributed by atoms with van der Waals surface area (Å²) in [6.45, 7) is 3.60. The minimum absolute atomic E-state index is 0.0166. The number of nitrogens with two attached hydrogens (primary N) is 1. The fraction of sp³-hybridized carbons (Fsp3) is 0.583. The van der Waals surface area contributed by atoms with E-state index in [2.05, 4.69) is 15.3 Å². The van der Waals surface area contributed by atoms with Crippen molar-refractivity contribution in [2.75, 3.05) is 30.3 Å². The van der Waals surface area contributed by atoms with Crippen LogP contribution in [0.2, 0.25) is 0 Å². The van der Waals surface area contributed by atoms with Crippen LogP contribution >= 0.6 is 0 Å². The summed E-state index contributed by atoms with van der Waals surface area (Å²) in [6, 6.07) is 0. The molecule has 0 spiro atoms. The highest BCUT2D eigenvalue weighted by atomic mass is 19.1. The van der Waals surface area contributed by atoms with Gasteiger partial charge in [-0.3, -0.25) is 4.79 Å². The summed E-state index contributed by atoms with van der Waals surface area (Å²) < 4.78 is 13.6. The van der Waals surface area contributed by atoms with Crippen molar-refractivity contribution in [1.82, 2.24) is 15.3 Å². The Morgan fingerprint density at radius 3 is 2.89 bits per heavy atom. The number of piperidine rings is 1. The number of carbonyl (C=O) groups is 1. The van der Waals surface area contributed by atoms with E-state index in [1.165, 1.54) is 6.92 Å². The maximum Gasteiger partial charge on any atom is 0.222 e. The first-order valence-corrected chi connectivity index (χ1v) is 6.33. The van der Waals surface area contributed by atoms with Gasteiger partial charge >= 0.3 is 0 Å². The Bertz CT molecular complexity index is 459. The van der Waals surface area contributed by atoms with Gasteiger partial charge in [0.05, 0.1) is 6.20 Å². The molecule has 2 heterocycles. The van der Waals surface area contributed by atoms with E-state index < -0.39 is 5.82 Å². The highest BCUT2D eigenvalue weighted by Gasteiger charge is 2.22. The second-order valence-corrected chi connectivity index (χ2v) is 4.77. The first-order chi connectivity index (χ1) is 9.06. The Balaban J connectivity index is 1.92. The monoisotopic (exact) mass is 267 g/mol. The fourth-order valence-electron chi connectivity index (χ4n) is 2.23. The Hall–Kier alpha value is -1.92. The number of halogens is 1. The molecule has 0 aliphatic carbocycles. The van der Waals surface area contributed by atoms with Crippen LogP contribution in [0.1, 0.15) is 19.8 Å². The van der Waals surface area contributed by atoms with Crippen LogP contribution in [0.4, 0.5) is 16.2 Å². The van der Waals surface area contributed by atoms with Gasteiger partial charge < -0.3 is 16.0 Å². The zero-order valence-corrected chi connectivity index (χ0v) is 10.9. The van der Waals surface area contributed by atoms with Crippen molar-refractivity contribution < 1.29 is 9.18 Å². The number of nitrogens with one attached hydrogen (secondary N) is 1. The summed E-state index contributed by atoms with van der Waals surface area (Å²) in [5.74, 6) is 0.316. The van der Waals surface area contributed by atoms with Crippen LogP contribution in [0.3, 0.4) is 0 Å². The minimum Gasteiger partial charge on any atom is -0.368 e. The predicted octanol–water partition coefficient (Wildman–Crippen LogP) is 0.550.